The Bertz CT molecular complexity index is 853. The van der Waals surface area contributed by atoms with Gasteiger partial charge >= 0.3 is 6.18 Å². The van der Waals surface area contributed by atoms with Crippen LogP contribution in [0, 0.1) is 12.7 Å². The number of nitrogens with zero attached hydrogens (tertiary/aromatic N) is 2. The maximum Gasteiger partial charge on any atom is 0.398 e. The number of ether oxygens (including phenoxy) is 1. The van der Waals surface area contributed by atoms with Crippen LogP contribution in [-0.2, 0) is 0 Å². The molecule has 0 saturated carbocycles. The zero-order chi connectivity index (χ0) is 21.8. The van der Waals surface area contributed by atoms with Gasteiger partial charge in [0, 0.05) is 4.90 Å². The molecule has 160 valence electrons. The molecule has 1 N–H and O–H groups in total. The van der Waals surface area contributed by atoms with Crippen LogP contribution in [0.2, 0.25) is 5.02 Å². The average molecular weight is 460 g/mol. The quantitative estimate of drug-likeness (QED) is 0.384. The molecular formula is C17H16ClF6N3OS. The fourth-order valence-electron chi connectivity index (χ4n) is 2.19. The second-order valence-electron chi connectivity index (χ2n) is 6.03. The molecule has 12 heteroatoms. The summed E-state index contributed by atoms with van der Waals surface area (Å²) in [4.78, 5) is 7.42. The number of benzene rings is 1. The van der Waals surface area contributed by atoms with E-state index in [-0.39, 0.29) is 28.1 Å². The number of alkyl halides is 5. The minimum absolute atomic E-state index is 0.0427. The molecule has 0 saturated heterocycles. The van der Waals surface area contributed by atoms with Gasteiger partial charge in [0.1, 0.15) is 29.5 Å². The highest BCUT2D eigenvalue weighted by molar-refractivity contribution is 7.99. The van der Waals surface area contributed by atoms with Crippen LogP contribution >= 0.6 is 23.4 Å². The summed E-state index contributed by atoms with van der Waals surface area (Å²) in [5.74, 6) is -2.11. The summed E-state index contributed by atoms with van der Waals surface area (Å²) in [7, 11) is 0. The SMILES string of the molecule is Cc1cc(F)c(OCC(C)Nc2ncnc(C(F)F)c2Cl)cc1SCC(F)(F)F. The van der Waals surface area contributed by atoms with Crippen LogP contribution in [0.1, 0.15) is 24.6 Å². The molecule has 2 aromatic rings. The summed E-state index contributed by atoms with van der Waals surface area (Å²) in [5.41, 5.74) is -0.282. The van der Waals surface area contributed by atoms with E-state index in [4.69, 9.17) is 16.3 Å². The molecule has 0 spiro atoms. The predicted molar refractivity (Wildman–Crippen MR) is 98.5 cm³/mol. The van der Waals surface area contributed by atoms with Gasteiger partial charge in [-0.2, -0.15) is 13.2 Å². The highest BCUT2D eigenvalue weighted by atomic mass is 35.5. The maximum absolute atomic E-state index is 14.1. The van der Waals surface area contributed by atoms with Crippen molar-refractivity contribution in [1.29, 1.82) is 0 Å². The van der Waals surface area contributed by atoms with Crippen LogP contribution in [-0.4, -0.2) is 34.5 Å². The van der Waals surface area contributed by atoms with Gasteiger partial charge in [0.15, 0.2) is 11.6 Å². The molecule has 1 aromatic heterocycles. The van der Waals surface area contributed by atoms with E-state index in [0.29, 0.717) is 17.3 Å². The smallest absolute Gasteiger partial charge is 0.398 e. The number of aryl methyl sites for hydroxylation is 1. The number of hydrogen-bond donors (Lipinski definition) is 1. The Kier molecular flexibility index (Phi) is 7.87. The molecule has 0 bridgehead atoms. The summed E-state index contributed by atoms with van der Waals surface area (Å²) in [5, 5.41) is 2.40. The van der Waals surface area contributed by atoms with E-state index in [2.05, 4.69) is 15.3 Å². The number of halogens is 7. The van der Waals surface area contributed by atoms with Gasteiger partial charge < -0.3 is 10.1 Å². The van der Waals surface area contributed by atoms with Crippen molar-refractivity contribution < 1.29 is 31.1 Å². The number of aromatic nitrogens is 2. The summed E-state index contributed by atoms with van der Waals surface area (Å²) < 4.78 is 82.4. The zero-order valence-electron chi connectivity index (χ0n) is 15.2. The molecule has 2 rings (SSSR count). The van der Waals surface area contributed by atoms with Crippen molar-refractivity contribution in [3.8, 4) is 5.75 Å². The van der Waals surface area contributed by atoms with E-state index in [1.165, 1.54) is 13.0 Å². The molecule has 0 aliphatic rings. The first-order valence-electron chi connectivity index (χ1n) is 8.15. The highest BCUT2D eigenvalue weighted by Crippen LogP contribution is 2.33. The topological polar surface area (TPSA) is 47.0 Å². The van der Waals surface area contributed by atoms with E-state index in [1.807, 2.05) is 0 Å². The van der Waals surface area contributed by atoms with Crippen LogP contribution in [0.4, 0.5) is 32.2 Å². The molecule has 1 heterocycles. The fourth-order valence-corrected chi connectivity index (χ4v) is 3.22. The van der Waals surface area contributed by atoms with Crippen molar-refractivity contribution in [2.75, 3.05) is 17.7 Å². The monoisotopic (exact) mass is 459 g/mol. The van der Waals surface area contributed by atoms with Crippen molar-refractivity contribution in [1.82, 2.24) is 9.97 Å². The second kappa shape index (κ2) is 9.75. The van der Waals surface area contributed by atoms with Crippen molar-refractivity contribution >= 4 is 29.2 Å². The number of hydrogen-bond acceptors (Lipinski definition) is 5. The third-order valence-corrected chi connectivity index (χ3v) is 5.11. The Morgan fingerprint density at radius 2 is 1.93 bits per heavy atom. The van der Waals surface area contributed by atoms with Crippen LogP contribution in [0.25, 0.3) is 0 Å². The standard InChI is InChI=1S/C17H16ClF6N3OS/c1-8-3-10(19)11(4-12(8)29-6-17(22,23)24)28-5-9(2)27-16-13(18)14(15(20)21)25-7-26-16/h3-4,7,9,15H,5-6H2,1-2H3,(H,25,26,27). The van der Waals surface area contributed by atoms with Crippen LogP contribution < -0.4 is 10.1 Å². The van der Waals surface area contributed by atoms with Crippen LogP contribution in [0.3, 0.4) is 0 Å². The molecule has 0 fully saturated rings. The number of rotatable bonds is 8. The first-order chi connectivity index (χ1) is 13.5. The lowest BCUT2D eigenvalue weighted by atomic mass is 10.2. The molecule has 0 radical (unpaired) electrons. The highest BCUT2D eigenvalue weighted by Gasteiger charge is 2.28. The molecule has 0 aliphatic heterocycles. The second-order valence-corrected chi connectivity index (χ2v) is 7.43. The Morgan fingerprint density at radius 3 is 2.55 bits per heavy atom. The summed E-state index contributed by atoms with van der Waals surface area (Å²) >= 11 is 6.36. The van der Waals surface area contributed by atoms with E-state index < -0.39 is 35.9 Å². The minimum atomic E-state index is -4.36. The van der Waals surface area contributed by atoms with Gasteiger partial charge in [-0.1, -0.05) is 11.6 Å². The zero-order valence-corrected chi connectivity index (χ0v) is 16.7. The Balaban J connectivity index is 2.05. The van der Waals surface area contributed by atoms with Crippen molar-refractivity contribution in [2.45, 2.75) is 37.4 Å². The molecule has 0 aliphatic carbocycles. The van der Waals surface area contributed by atoms with Gasteiger partial charge in [-0.25, -0.2) is 23.1 Å². The predicted octanol–water partition coefficient (Wildman–Crippen LogP) is 6.05. The number of nitrogens with one attached hydrogen (secondary N) is 1. The Labute approximate surface area is 172 Å². The van der Waals surface area contributed by atoms with E-state index in [0.717, 1.165) is 12.4 Å². The molecule has 1 atom stereocenters. The fraction of sp³-hybridized carbons (Fsp3) is 0.412. The van der Waals surface area contributed by atoms with Gasteiger partial charge in [0.05, 0.1) is 11.8 Å². The molecule has 0 amide bonds. The van der Waals surface area contributed by atoms with Gasteiger partial charge in [-0.15, -0.1) is 11.8 Å². The third kappa shape index (κ3) is 6.84. The van der Waals surface area contributed by atoms with E-state index in [9.17, 15) is 26.3 Å². The molecule has 29 heavy (non-hydrogen) atoms. The summed E-state index contributed by atoms with van der Waals surface area (Å²) in [6.45, 7) is 2.97. The molecule has 1 aromatic carbocycles. The lowest BCUT2D eigenvalue weighted by Gasteiger charge is -2.18. The van der Waals surface area contributed by atoms with Crippen molar-refractivity contribution in [3.63, 3.8) is 0 Å². The largest absolute Gasteiger partial charge is 0.488 e. The van der Waals surface area contributed by atoms with E-state index in [1.54, 1.807) is 6.92 Å². The Hall–Kier alpha value is -1.88. The van der Waals surface area contributed by atoms with Gasteiger partial charge in [0.2, 0.25) is 0 Å². The molecule has 4 nitrogen and oxygen atoms in total. The molecular weight excluding hydrogens is 444 g/mol. The minimum Gasteiger partial charge on any atom is -0.488 e. The van der Waals surface area contributed by atoms with E-state index >= 15 is 0 Å². The maximum atomic E-state index is 14.1. The first-order valence-corrected chi connectivity index (χ1v) is 9.52. The lowest BCUT2D eigenvalue weighted by molar-refractivity contribution is -0.105. The third-order valence-electron chi connectivity index (χ3n) is 3.52. The summed E-state index contributed by atoms with van der Waals surface area (Å²) in [6.07, 6.45) is -6.32. The average Bonchev–Trinajstić information content (AvgIpc) is 2.61. The number of thioether (sulfide) groups is 1. The van der Waals surface area contributed by atoms with Gasteiger partial charge in [-0.05, 0) is 31.5 Å². The summed E-state index contributed by atoms with van der Waals surface area (Å²) in [6, 6.07) is 1.74. The lowest BCUT2D eigenvalue weighted by Crippen LogP contribution is -2.24. The Morgan fingerprint density at radius 1 is 1.24 bits per heavy atom. The van der Waals surface area contributed by atoms with Gasteiger partial charge in [0.25, 0.3) is 6.43 Å². The van der Waals surface area contributed by atoms with Gasteiger partial charge in [-0.3, -0.25) is 0 Å². The normalized spacial score (nSPS) is 12.9. The molecule has 1 unspecified atom stereocenters. The van der Waals surface area contributed by atoms with Crippen molar-refractivity contribution in [3.05, 3.63) is 40.6 Å². The van der Waals surface area contributed by atoms with Crippen LogP contribution in [0.15, 0.2) is 23.4 Å². The van der Waals surface area contributed by atoms with Crippen molar-refractivity contribution in [2.24, 2.45) is 0 Å². The number of anilines is 1. The first kappa shape index (κ1) is 23.4. The van der Waals surface area contributed by atoms with Crippen LogP contribution in [0.5, 0.6) is 5.75 Å².